The van der Waals surface area contributed by atoms with E-state index in [0.717, 1.165) is 28.0 Å². The van der Waals surface area contributed by atoms with Crippen LogP contribution in [0, 0.1) is 0 Å². The van der Waals surface area contributed by atoms with Gasteiger partial charge in [0.15, 0.2) is 11.0 Å². The van der Waals surface area contributed by atoms with Gasteiger partial charge in [-0.2, -0.15) is 0 Å². The van der Waals surface area contributed by atoms with Crippen LogP contribution >= 0.6 is 11.8 Å². The van der Waals surface area contributed by atoms with Crippen LogP contribution in [-0.4, -0.2) is 27.6 Å². The molecule has 1 heterocycles. The minimum atomic E-state index is 0.842. The van der Waals surface area contributed by atoms with Crippen molar-refractivity contribution < 1.29 is 4.74 Å². The third kappa shape index (κ3) is 3.42. The van der Waals surface area contributed by atoms with Gasteiger partial charge in [-0.3, -0.25) is 0 Å². The van der Waals surface area contributed by atoms with E-state index in [1.165, 1.54) is 5.57 Å². The summed E-state index contributed by atoms with van der Waals surface area (Å²) in [6, 6.07) is 7.85. The molecule has 4 nitrogen and oxygen atoms in total. The Balaban J connectivity index is 2.17. The van der Waals surface area contributed by atoms with Gasteiger partial charge in [-0.1, -0.05) is 23.4 Å². The zero-order chi connectivity index (χ0) is 14.5. The quantitative estimate of drug-likeness (QED) is 0.623. The molecule has 1 aromatic carbocycles. The average molecular weight is 289 g/mol. The van der Waals surface area contributed by atoms with Gasteiger partial charge in [0, 0.05) is 18.4 Å². The molecule has 0 saturated carbocycles. The highest BCUT2D eigenvalue weighted by Gasteiger charge is 2.10. The van der Waals surface area contributed by atoms with Gasteiger partial charge in [-0.25, -0.2) is 0 Å². The van der Waals surface area contributed by atoms with E-state index in [9.17, 15) is 0 Å². The molecule has 0 bridgehead atoms. The lowest BCUT2D eigenvalue weighted by Crippen LogP contribution is -1.95. The Morgan fingerprint density at radius 2 is 1.95 bits per heavy atom. The number of aromatic nitrogens is 3. The number of ether oxygens (including phenoxy) is 1. The fourth-order valence-electron chi connectivity index (χ4n) is 1.71. The second kappa shape index (κ2) is 6.61. The van der Waals surface area contributed by atoms with Crippen molar-refractivity contribution in [3.8, 4) is 17.1 Å². The van der Waals surface area contributed by atoms with Crippen LogP contribution in [0.1, 0.15) is 13.8 Å². The van der Waals surface area contributed by atoms with E-state index >= 15 is 0 Å². The number of hydrogen-bond donors (Lipinski definition) is 0. The molecule has 0 aliphatic heterocycles. The molecule has 0 atom stereocenters. The van der Waals surface area contributed by atoms with Gasteiger partial charge in [0.25, 0.3) is 0 Å². The first kappa shape index (κ1) is 14.7. The highest BCUT2D eigenvalue weighted by Crippen LogP contribution is 2.24. The molecule has 2 aromatic rings. The lowest BCUT2D eigenvalue weighted by molar-refractivity contribution is 0.415. The maximum Gasteiger partial charge on any atom is 0.191 e. The molecule has 0 saturated heterocycles. The third-order valence-corrected chi connectivity index (χ3v) is 3.83. The van der Waals surface area contributed by atoms with E-state index in [1.807, 2.05) is 35.9 Å². The Bertz CT molecular complexity index is 598. The molecule has 0 unspecified atom stereocenters. The van der Waals surface area contributed by atoms with Crippen LogP contribution in [0.25, 0.3) is 11.4 Å². The molecule has 5 heteroatoms. The number of methoxy groups -OCH3 is 1. The first-order chi connectivity index (χ1) is 9.61. The Labute approximate surface area is 123 Å². The summed E-state index contributed by atoms with van der Waals surface area (Å²) in [5, 5.41) is 9.44. The van der Waals surface area contributed by atoms with Gasteiger partial charge in [0.05, 0.1) is 7.11 Å². The molecule has 0 radical (unpaired) electrons. The predicted molar refractivity (Wildman–Crippen MR) is 83.1 cm³/mol. The zero-order valence-electron chi connectivity index (χ0n) is 12.3. The van der Waals surface area contributed by atoms with Crippen molar-refractivity contribution in [2.45, 2.75) is 19.0 Å². The average Bonchev–Trinajstić information content (AvgIpc) is 2.80. The van der Waals surface area contributed by atoms with Crippen LogP contribution in [0.2, 0.25) is 0 Å². The van der Waals surface area contributed by atoms with Crippen LogP contribution in [0.15, 0.2) is 41.1 Å². The van der Waals surface area contributed by atoms with Gasteiger partial charge in [0.2, 0.25) is 0 Å². The van der Waals surface area contributed by atoms with Crippen molar-refractivity contribution in [1.29, 1.82) is 0 Å². The van der Waals surface area contributed by atoms with Crippen molar-refractivity contribution in [1.82, 2.24) is 14.8 Å². The van der Waals surface area contributed by atoms with Crippen LogP contribution in [0.3, 0.4) is 0 Å². The summed E-state index contributed by atoms with van der Waals surface area (Å²) < 4.78 is 7.18. The lowest BCUT2D eigenvalue weighted by atomic mass is 10.2. The smallest absolute Gasteiger partial charge is 0.191 e. The summed E-state index contributed by atoms with van der Waals surface area (Å²) in [5.41, 5.74) is 2.35. The van der Waals surface area contributed by atoms with E-state index in [-0.39, 0.29) is 0 Å². The Hall–Kier alpha value is -1.75. The highest BCUT2D eigenvalue weighted by atomic mass is 32.2. The number of nitrogens with zero attached hydrogens (tertiary/aromatic N) is 3. The van der Waals surface area contributed by atoms with E-state index in [2.05, 4.69) is 30.1 Å². The molecule has 0 aliphatic rings. The Morgan fingerprint density at radius 3 is 2.55 bits per heavy atom. The van der Waals surface area contributed by atoms with Gasteiger partial charge in [-0.05, 0) is 38.1 Å². The van der Waals surface area contributed by atoms with Crippen molar-refractivity contribution in [2.75, 3.05) is 12.9 Å². The highest BCUT2D eigenvalue weighted by molar-refractivity contribution is 7.99. The fourth-order valence-corrected chi connectivity index (χ4v) is 2.66. The Kier molecular flexibility index (Phi) is 4.84. The van der Waals surface area contributed by atoms with Crippen molar-refractivity contribution in [3.05, 3.63) is 35.9 Å². The third-order valence-electron chi connectivity index (χ3n) is 2.89. The number of rotatable bonds is 5. The molecular formula is C15H19N3OS. The Morgan fingerprint density at radius 1 is 1.25 bits per heavy atom. The second-order valence-electron chi connectivity index (χ2n) is 4.69. The maximum absolute atomic E-state index is 5.16. The standard InChI is InChI=1S/C15H19N3OS/c1-11(2)9-10-20-15-17-16-14(18(15)3)12-5-7-13(19-4)8-6-12/h5-9H,10H2,1-4H3. The number of allylic oxidation sites excluding steroid dienone is 1. The molecule has 0 amide bonds. The van der Waals surface area contributed by atoms with Crippen molar-refractivity contribution >= 4 is 11.8 Å². The summed E-state index contributed by atoms with van der Waals surface area (Å²) in [5.74, 6) is 2.62. The fraction of sp³-hybridized carbons (Fsp3) is 0.333. The monoisotopic (exact) mass is 289 g/mol. The van der Waals surface area contributed by atoms with Crippen molar-refractivity contribution in [3.63, 3.8) is 0 Å². The minimum Gasteiger partial charge on any atom is -0.497 e. The first-order valence-corrected chi connectivity index (χ1v) is 7.40. The molecule has 20 heavy (non-hydrogen) atoms. The normalized spacial score (nSPS) is 10.4. The van der Waals surface area contributed by atoms with Gasteiger partial charge in [-0.15, -0.1) is 10.2 Å². The summed E-state index contributed by atoms with van der Waals surface area (Å²) in [6.07, 6.45) is 2.19. The SMILES string of the molecule is COc1ccc(-c2nnc(SCC=C(C)C)n2C)cc1. The number of benzene rings is 1. The van der Waals surface area contributed by atoms with Crippen LogP contribution in [0.4, 0.5) is 0 Å². The van der Waals surface area contributed by atoms with Gasteiger partial charge < -0.3 is 9.30 Å². The predicted octanol–water partition coefficient (Wildman–Crippen LogP) is 3.55. The maximum atomic E-state index is 5.16. The van der Waals surface area contributed by atoms with Crippen LogP contribution in [-0.2, 0) is 7.05 Å². The summed E-state index contributed by atoms with van der Waals surface area (Å²) in [7, 11) is 3.65. The van der Waals surface area contributed by atoms with E-state index in [1.54, 1.807) is 18.9 Å². The van der Waals surface area contributed by atoms with Crippen molar-refractivity contribution in [2.24, 2.45) is 7.05 Å². The van der Waals surface area contributed by atoms with E-state index < -0.39 is 0 Å². The number of hydrogen-bond acceptors (Lipinski definition) is 4. The topological polar surface area (TPSA) is 39.9 Å². The second-order valence-corrected chi connectivity index (χ2v) is 5.67. The molecule has 0 N–H and O–H groups in total. The lowest BCUT2D eigenvalue weighted by Gasteiger charge is -2.04. The minimum absolute atomic E-state index is 0.842. The summed E-state index contributed by atoms with van der Waals surface area (Å²) in [6.45, 7) is 4.19. The molecule has 0 fully saturated rings. The van der Waals surface area contributed by atoms with Gasteiger partial charge >= 0.3 is 0 Å². The first-order valence-electron chi connectivity index (χ1n) is 6.42. The molecule has 1 aromatic heterocycles. The molecular weight excluding hydrogens is 270 g/mol. The largest absolute Gasteiger partial charge is 0.497 e. The van der Waals surface area contributed by atoms with Crippen LogP contribution in [0.5, 0.6) is 5.75 Å². The summed E-state index contributed by atoms with van der Waals surface area (Å²) in [4.78, 5) is 0. The van der Waals surface area contributed by atoms with Gasteiger partial charge in [0.1, 0.15) is 5.75 Å². The van der Waals surface area contributed by atoms with E-state index in [4.69, 9.17) is 4.74 Å². The molecule has 2 rings (SSSR count). The van der Waals surface area contributed by atoms with Crippen LogP contribution < -0.4 is 4.74 Å². The van der Waals surface area contributed by atoms with E-state index in [0.29, 0.717) is 0 Å². The summed E-state index contributed by atoms with van der Waals surface area (Å²) >= 11 is 1.69. The number of thioether (sulfide) groups is 1. The zero-order valence-corrected chi connectivity index (χ0v) is 13.1. The molecule has 0 spiro atoms. The molecule has 0 aliphatic carbocycles. The molecule has 106 valence electrons.